The van der Waals surface area contributed by atoms with Gasteiger partial charge < -0.3 is 10.5 Å². The first-order valence-electron chi connectivity index (χ1n) is 5.92. The Balaban J connectivity index is 2.25. The summed E-state index contributed by atoms with van der Waals surface area (Å²) in [5.41, 5.74) is 7.59. The lowest BCUT2D eigenvalue weighted by atomic mass is 10.2. The Labute approximate surface area is 107 Å². The molecule has 0 aliphatic rings. The van der Waals surface area contributed by atoms with Crippen molar-refractivity contribution in [2.24, 2.45) is 0 Å². The second-order valence-electron chi connectivity index (χ2n) is 4.45. The summed E-state index contributed by atoms with van der Waals surface area (Å²) in [6.45, 7) is 5.88. The number of anilines is 1. The van der Waals surface area contributed by atoms with Gasteiger partial charge in [-0.2, -0.15) is 0 Å². The molecule has 18 heavy (non-hydrogen) atoms. The number of nitrogens with zero attached hydrogens (tertiary/aromatic N) is 2. The molecule has 0 fully saturated rings. The highest BCUT2D eigenvalue weighted by atomic mass is 16.5. The van der Waals surface area contributed by atoms with Crippen molar-refractivity contribution < 1.29 is 4.74 Å². The molecule has 2 N–H and O–H groups in total. The Morgan fingerprint density at radius 1 is 1.17 bits per heavy atom. The van der Waals surface area contributed by atoms with Crippen LogP contribution in [0, 0.1) is 6.92 Å². The molecule has 4 heteroatoms. The third kappa shape index (κ3) is 2.77. The number of aryl methyl sites for hydroxylation is 1. The molecule has 0 radical (unpaired) electrons. The van der Waals surface area contributed by atoms with E-state index >= 15 is 0 Å². The molecule has 4 nitrogen and oxygen atoms in total. The van der Waals surface area contributed by atoms with Crippen molar-refractivity contribution in [2.45, 2.75) is 26.9 Å². The van der Waals surface area contributed by atoms with Crippen LogP contribution in [0.2, 0.25) is 0 Å². The predicted octanol–water partition coefficient (Wildman–Crippen LogP) is 2.82. The highest BCUT2D eigenvalue weighted by Gasteiger charge is 2.04. The van der Waals surface area contributed by atoms with Crippen LogP contribution < -0.4 is 10.5 Å². The van der Waals surface area contributed by atoms with Crippen LogP contribution >= 0.6 is 0 Å². The quantitative estimate of drug-likeness (QED) is 0.900. The summed E-state index contributed by atoms with van der Waals surface area (Å²) < 4.78 is 5.58. The van der Waals surface area contributed by atoms with Gasteiger partial charge >= 0.3 is 0 Å². The number of benzene rings is 1. The van der Waals surface area contributed by atoms with Crippen LogP contribution in [-0.2, 0) is 0 Å². The lowest BCUT2D eigenvalue weighted by molar-refractivity contribution is 0.242. The normalized spacial score (nSPS) is 10.7. The third-order valence-corrected chi connectivity index (χ3v) is 2.50. The van der Waals surface area contributed by atoms with Crippen LogP contribution in [-0.4, -0.2) is 16.1 Å². The van der Waals surface area contributed by atoms with Gasteiger partial charge in [-0.15, -0.1) is 0 Å². The number of rotatable bonds is 3. The molecule has 0 atom stereocenters. The minimum Gasteiger partial charge on any atom is -0.491 e. The van der Waals surface area contributed by atoms with Crippen molar-refractivity contribution in [2.75, 3.05) is 5.73 Å². The molecule has 0 amide bonds. The molecule has 0 spiro atoms. The van der Waals surface area contributed by atoms with E-state index in [1.165, 1.54) is 0 Å². The Morgan fingerprint density at radius 2 is 1.83 bits per heavy atom. The molecule has 1 aromatic carbocycles. The standard InChI is InChI=1S/C14H17N3O/c1-9(2)18-12-6-4-11(5-7-12)14-16-8-10(3)13(15)17-14/h4-9H,1-3H3,(H2,15,16,17). The number of aromatic nitrogens is 2. The number of hydrogen-bond acceptors (Lipinski definition) is 4. The van der Waals surface area contributed by atoms with Crippen molar-refractivity contribution in [3.8, 4) is 17.1 Å². The molecular formula is C14H17N3O. The van der Waals surface area contributed by atoms with Gasteiger partial charge in [0, 0.05) is 17.3 Å². The van der Waals surface area contributed by atoms with Gasteiger partial charge in [0.15, 0.2) is 5.82 Å². The topological polar surface area (TPSA) is 61.0 Å². The van der Waals surface area contributed by atoms with E-state index < -0.39 is 0 Å². The lowest BCUT2D eigenvalue weighted by Gasteiger charge is -2.10. The van der Waals surface area contributed by atoms with Gasteiger partial charge in [-0.3, -0.25) is 0 Å². The van der Waals surface area contributed by atoms with Gasteiger partial charge in [-0.05, 0) is 45.0 Å². The molecule has 0 aliphatic heterocycles. The van der Waals surface area contributed by atoms with Gasteiger partial charge in [0.1, 0.15) is 11.6 Å². The number of ether oxygens (including phenoxy) is 1. The average molecular weight is 243 g/mol. The Kier molecular flexibility index (Phi) is 3.46. The number of nitrogen functional groups attached to an aromatic ring is 1. The molecule has 1 heterocycles. The zero-order valence-electron chi connectivity index (χ0n) is 10.8. The minimum atomic E-state index is 0.169. The van der Waals surface area contributed by atoms with Crippen LogP contribution in [0.5, 0.6) is 5.75 Å². The molecule has 0 saturated heterocycles. The first-order chi connectivity index (χ1) is 8.56. The largest absolute Gasteiger partial charge is 0.491 e. The first kappa shape index (κ1) is 12.4. The van der Waals surface area contributed by atoms with E-state index in [2.05, 4.69) is 9.97 Å². The molecule has 0 bridgehead atoms. The fraction of sp³-hybridized carbons (Fsp3) is 0.286. The minimum absolute atomic E-state index is 0.169. The number of nitrogens with two attached hydrogens (primary N) is 1. The zero-order chi connectivity index (χ0) is 13.1. The maximum atomic E-state index is 5.78. The van der Waals surface area contributed by atoms with E-state index in [0.717, 1.165) is 16.9 Å². The molecule has 2 rings (SSSR count). The second kappa shape index (κ2) is 5.04. The van der Waals surface area contributed by atoms with Gasteiger partial charge in [0.25, 0.3) is 0 Å². The Bertz CT molecular complexity index is 535. The predicted molar refractivity (Wildman–Crippen MR) is 72.4 cm³/mol. The second-order valence-corrected chi connectivity index (χ2v) is 4.45. The fourth-order valence-electron chi connectivity index (χ4n) is 1.55. The summed E-state index contributed by atoms with van der Waals surface area (Å²) >= 11 is 0. The lowest BCUT2D eigenvalue weighted by Crippen LogP contribution is -2.05. The smallest absolute Gasteiger partial charge is 0.161 e. The number of hydrogen-bond donors (Lipinski definition) is 1. The van der Waals surface area contributed by atoms with Crippen LogP contribution in [0.3, 0.4) is 0 Å². The molecule has 0 aliphatic carbocycles. The Hall–Kier alpha value is -2.10. The summed E-state index contributed by atoms with van der Waals surface area (Å²) in [6.07, 6.45) is 1.90. The molecular weight excluding hydrogens is 226 g/mol. The molecule has 2 aromatic rings. The summed E-state index contributed by atoms with van der Waals surface area (Å²) in [6, 6.07) is 7.69. The highest BCUT2D eigenvalue weighted by Crippen LogP contribution is 2.21. The van der Waals surface area contributed by atoms with E-state index in [1.54, 1.807) is 6.20 Å². The van der Waals surface area contributed by atoms with E-state index in [1.807, 2.05) is 45.0 Å². The van der Waals surface area contributed by atoms with Crippen LogP contribution in [0.1, 0.15) is 19.4 Å². The van der Waals surface area contributed by atoms with Crippen LogP contribution in [0.15, 0.2) is 30.5 Å². The summed E-state index contributed by atoms with van der Waals surface area (Å²) in [7, 11) is 0. The monoisotopic (exact) mass is 243 g/mol. The summed E-state index contributed by atoms with van der Waals surface area (Å²) in [5.74, 6) is 1.99. The van der Waals surface area contributed by atoms with E-state index in [0.29, 0.717) is 11.6 Å². The molecule has 0 saturated carbocycles. The van der Waals surface area contributed by atoms with Crippen molar-refractivity contribution in [1.29, 1.82) is 0 Å². The average Bonchev–Trinajstić information content (AvgIpc) is 2.33. The van der Waals surface area contributed by atoms with Crippen LogP contribution in [0.4, 0.5) is 5.82 Å². The maximum Gasteiger partial charge on any atom is 0.161 e. The maximum absolute atomic E-state index is 5.78. The Morgan fingerprint density at radius 3 is 2.39 bits per heavy atom. The van der Waals surface area contributed by atoms with Crippen molar-refractivity contribution in [1.82, 2.24) is 9.97 Å². The summed E-state index contributed by atoms with van der Waals surface area (Å²) in [4.78, 5) is 8.53. The van der Waals surface area contributed by atoms with Gasteiger partial charge in [-0.1, -0.05) is 0 Å². The van der Waals surface area contributed by atoms with E-state index in [9.17, 15) is 0 Å². The third-order valence-electron chi connectivity index (χ3n) is 2.50. The van der Waals surface area contributed by atoms with Crippen molar-refractivity contribution in [3.63, 3.8) is 0 Å². The van der Waals surface area contributed by atoms with Gasteiger partial charge in [0.2, 0.25) is 0 Å². The fourth-order valence-corrected chi connectivity index (χ4v) is 1.55. The SMILES string of the molecule is Cc1cnc(-c2ccc(OC(C)C)cc2)nc1N. The van der Waals surface area contributed by atoms with E-state index in [4.69, 9.17) is 10.5 Å². The highest BCUT2D eigenvalue weighted by molar-refractivity contribution is 5.58. The summed E-state index contributed by atoms with van der Waals surface area (Å²) in [5, 5.41) is 0. The van der Waals surface area contributed by atoms with Gasteiger partial charge in [0.05, 0.1) is 6.10 Å². The molecule has 94 valence electrons. The van der Waals surface area contributed by atoms with Crippen molar-refractivity contribution in [3.05, 3.63) is 36.0 Å². The van der Waals surface area contributed by atoms with E-state index in [-0.39, 0.29) is 6.10 Å². The van der Waals surface area contributed by atoms with Crippen molar-refractivity contribution >= 4 is 5.82 Å². The zero-order valence-corrected chi connectivity index (χ0v) is 10.8. The van der Waals surface area contributed by atoms with Gasteiger partial charge in [-0.25, -0.2) is 9.97 Å². The molecule has 0 unspecified atom stereocenters. The van der Waals surface area contributed by atoms with Crippen LogP contribution in [0.25, 0.3) is 11.4 Å². The first-order valence-corrected chi connectivity index (χ1v) is 5.92. The molecule has 1 aromatic heterocycles.